The maximum atomic E-state index is 11.4. The number of nitrogens with zero attached hydrogens (tertiary/aromatic N) is 1. The third kappa shape index (κ3) is 8.47. The summed E-state index contributed by atoms with van der Waals surface area (Å²) >= 11 is 0. The molecule has 0 amide bonds. The fourth-order valence-corrected chi connectivity index (χ4v) is 4.17. The molecule has 4 rings (SSSR count). The Kier molecular flexibility index (Phi) is 10.2. The van der Waals surface area contributed by atoms with Crippen molar-refractivity contribution in [3.05, 3.63) is 101 Å². The van der Waals surface area contributed by atoms with Crippen molar-refractivity contribution in [1.82, 2.24) is 4.90 Å². The highest BCUT2D eigenvalue weighted by molar-refractivity contribution is 5.80. The van der Waals surface area contributed by atoms with E-state index in [0.29, 0.717) is 12.4 Å². The first kappa shape index (κ1) is 28.0. The topological polar surface area (TPSA) is 57.2 Å². The van der Waals surface area contributed by atoms with Gasteiger partial charge in [0, 0.05) is 18.7 Å². The van der Waals surface area contributed by atoms with E-state index in [1.807, 2.05) is 19.1 Å². The summed E-state index contributed by atoms with van der Waals surface area (Å²) < 4.78 is 21.6. The smallest absolute Gasteiger partial charge is 0.343 e. The van der Waals surface area contributed by atoms with Gasteiger partial charge in [-0.25, -0.2) is 4.79 Å². The molecule has 0 spiro atoms. The highest BCUT2D eigenvalue weighted by Gasteiger charge is 2.09. The number of carbonyl (C=O) groups excluding carboxylic acids is 1. The second-order valence-corrected chi connectivity index (χ2v) is 9.35. The average Bonchev–Trinajstić information content (AvgIpc) is 2.96. The molecule has 1 fully saturated rings. The van der Waals surface area contributed by atoms with Crippen LogP contribution in [0.15, 0.2) is 72.8 Å². The van der Waals surface area contributed by atoms with Crippen LogP contribution in [0.2, 0.25) is 0 Å². The number of hydrogen-bond donors (Lipinski definition) is 0. The fraction of sp³-hybridized carbons (Fsp3) is 0.303. The van der Waals surface area contributed by atoms with E-state index in [1.165, 1.54) is 12.7 Å². The number of methoxy groups -OCH3 is 1. The highest BCUT2D eigenvalue weighted by atomic mass is 16.6. The summed E-state index contributed by atoms with van der Waals surface area (Å²) in [6.45, 7) is 8.47. The summed E-state index contributed by atoms with van der Waals surface area (Å²) in [6.07, 6.45) is 2.10. The van der Waals surface area contributed by atoms with Crippen LogP contribution in [0.5, 0.6) is 11.5 Å². The van der Waals surface area contributed by atoms with Gasteiger partial charge in [-0.1, -0.05) is 53.8 Å². The molecule has 0 radical (unpaired) electrons. The third-order valence-electron chi connectivity index (χ3n) is 6.45. The number of carbonyl (C=O) groups is 1. The molecule has 1 saturated heterocycles. The van der Waals surface area contributed by atoms with Gasteiger partial charge in [0.15, 0.2) is 6.61 Å². The fourth-order valence-electron chi connectivity index (χ4n) is 4.17. The summed E-state index contributed by atoms with van der Waals surface area (Å²) in [5, 5.41) is 0. The largest absolute Gasteiger partial charge is 0.489 e. The molecule has 0 atom stereocenters. The highest BCUT2D eigenvalue weighted by Crippen LogP contribution is 2.26. The summed E-state index contributed by atoms with van der Waals surface area (Å²) in [5.74, 6) is 7.50. The Morgan fingerprint density at radius 1 is 0.949 bits per heavy atom. The Balaban J connectivity index is 1.45. The van der Waals surface area contributed by atoms with Crippen LogP contribution >= 0.6 is 0 Å². The Morgan fingerprint density at radius 2 is 1.64 bits per heavy atom. The summed E-state index contributed by atoms with van der Waals surface area (Å²) in [7, 11) is 1.34. The second-order valence-electron chi connectivity index (χ2n) is 9.35. The number of ether oxygens (including phenoxy) is 4. The molecule has 0 saturated carbocycles. The minimum Gasteiger partial charge on any atom is -0.489 e. The van der Waals surface area contributed by atoms with E-state index < -0.39 is 5.97 Å². The average molecular weight is 526 g/mol. The summed E-state index contributed by atoms with van der Waals surface area (Å²) in [4.78, 5) is 13.7. The van der Waals surface area contributed by atoms with Gasteiger partial charge in [-0.3, -0.25) is 4.90 Å². The van der Waals surface area contributed by atoms with E-state index in [1.54, 1.807) is 6.07 Å². The zero-order valence-electron chi connectivity index (χ0n) is 22.9. The van der Waals surface area contributed by atoms with E-state index in [9.17, 15) is 4.79 Å². The van der Waals surface area contributed by atoms with E-state index >= 15 is 0 Å². The molecule has 3 aromatic carbocycles. The molecule has 1 aliphatic rings. The molecule has 0 aromatic heterocycles. The van der Waals surface area contributed by atoms with Gasteiger partial charge in [0.05, 0.1) is 26.9 Å². The molecule has 6 nitrogen and oxygen atoms in total. The van der Waals surface area contributed by atoms with Gasteiger partial charge in [-0.05, 0) is 72.5 Å². The number of esters is 1. The second kappa shape index (κ2) is 14.2. The molecule has 0 bridgehead atoms. The SMILES string of the molecule is COC(=O)COc1ccc(OCC=C(c2ccc(C)cc2)c2ccc(C#CCN3CCOCC3)cc2)cc1C. The van der Waals surface area contributed by atoms with Crippen molar-refractivity contribution in [2.45, 2.75) is 13.8 Å². The lowest BCUT2D eigenvalue weighted by atomic mass is 9.96. The molecule has 0 N–H and O–H groups in total. The standard InChI is InChI=1S/C33H35NO5/c1-25-6-10-28(11-7-25)31(16-20-38-30-14-15-32(26(2)23-30)39-24-33(35)36-3)29-12-8-27(9-13-29)5-4-17-34-18-21-37-22-19-34/h6-16,23H,17-22,24H2,1-3H3. The third-order valence-corrected chi connectivity index (χ3v) is 6.45. The van der Waals surface area contributed by atoms with Crippen LogP contribution in [0.1, 0.15) is 27.8 Å². The molecule has 202 valence electrons. The van der Waals surface area contributed by atoms with Crippen LogP contribution in [0.25, 0.3) is 5.57 Å². The first-order valence-electron chi connectivity index (χ1n) is 13.1. The van der Waals surface area contributed by atoms with E-state index in [-0.39, 0.29) is 6.61 Å². The zero-order chi connectivity index (χ0) is 27.5. The first-order valence-corrected chi connectivity index (χ1v) is 13.1. The van der Waals surface area contributed by atoms with Crippen molar-refractivity contribution < 1.29 is 23.7 Å². The maximum Gasteiger partial charge on any atom is 0.343 e. The Morgan fingerprint density at radius 3 is 2.31 bits per heavy atom. The van der Waals surface area contributed by atoms with Gasteiger partial charge in [0.1, 0.15) is 18.1 Å². The molecule has 3 aromatic rings. The van der Waals surface area contributed by atoms with E-state index in [2.05, 4.69) is 83.0 Å². The molecule has 6 heteroatoms. The van der Waals surface area contributed by atoms with Crippen molar-refractivity contribution in [2.75, 3.05) is 53.2 Å². The zero-order valence-corrected chi connectivity index (χ0v) is 22.9. The van der Waals surface area contributed by atoms with Crippen LogP contribution in [0, 0.1) is 25.7 Å². The molecule has 39 heavy (non-hydrogen) atoms. The van der Waals surface area contributed by atoms with Crippen molar-refractivity contribution in [3.8, 4) is 23.3 Å². The number of hydrogen-bond acceptors (Lipinski definition) is 6. The van der Waals surface area contributed by atoms with Crippen molar-refractivity contribution >= 4 is 11.5 Å². The van der Waals surface area contributed by atoms with Crippen LogP contribution < -0.4 is 9.47 Å². The molecular formula is C33H35NO5. The lowest BCUT2D eigenvalue weighted by Crippen LogP contribution is -2.36. The van der Waals surface area contributed by atoms with Gasteiger partial charge in [0.25, 0.3) is 0 Å². The molecule has 1 aliphatic heterocycles. The Hall–Kier alpha value is -4.05. The Labute approximate surface area is 231 Å². The van der Waals surface area contributed by atoms with Crippen molar-refractivity contribution in [3.63, 3.8) is 0 Å². The summed E-state index contributed by atoms with van der Waals surface area (Å²) in [6, 6.07) is 22.4. The van der Waals surface area contributed by atoms with E-state index in [0.717, 1.165) is 66.4 Å². The molecule has 0 aliphatic carbocycles. The minimum atomic E-state index is -0.420. The minimum absolute atomic E-state index is 0.127. The van der Waals surface area contributed by atoms with Gasteiger partial charge in [-0.15, -0.1) is 0 Å². The summed E-state index contributed by atoms with van der Waals surface area (Å²) in [5.41, 5.74) is 6.41. The number of benzene rings is 3. The lowest BCUT2D eigenvalue weighted by molar-refractivity contribution is -0.142. The Bertz CT molecular complexity index is 1330. The molecule has 1 heterocycles. The van der Waals surface area contributed by atoms with Crippen LogP contribution in [0.3, 0.4) is 0 Å². The quantitative estimate of drug-likeness (QED) is 0.288. The van der Waals surface area contributed by atoms with Crippen LogP contribution in [-0.4, -0.2) is 64.0 Å². The van der Waals surface area contributed by atoms with Gasteiger partial charge < -0.3 is 18.9 Å². The number of aryl methyl sites for hydroxylation is 2. The lowest BCUT2D eigenvalue weighted by Gasteiger charge is -2.24. The van der Waals surface area contributed by atoms with Gasteiger partial charge in [0.2, 0.25) is 0 Å². The first-order chi connectivity index (χ1) is 19.0. The van der Waals surface area contributed by atoms with Gasteiger partial charge >= 0.3 is 5.97 Å². The van der Waals surface area contributed by atoms with Crippen LogP contribution in [-0.2, 0) is 14.3 Å². The maximum absolute atomic E-state index is 11.4. The predicted molar refractivity (Wildman–Crippen MR) is 153 cm³/mol. The number of rotatable bonds is 9. The van der Waals surface area contributed by atoms with Gasteiger partial charge in [-0.2, -0.15) is 0 Å². The monoisotopic (exact) mass is 525 g/mol. The normalized spacial score (nSPS) is 13.8. The van der Waals surface area contributed by atoms with E-state index in [4.69, 9.17) is 14.2 Å². The molecular weight excluding hydrogens is 490 g/mol. The van der Waals surface area contributed by atoms with Crippen LogP contribution in [0.4, 0.5) is 0 Å². The molecule has 0 unspecified atom stereocenters. The predicted octanol–water partition coefficient (Wildman–Crippen LogP) is 5.05. The van der Waals surface area contributed by atoms with Crippen molar-refractivity contribution in [2.24, 2.45) is 0 Å². The van der Waals surface area contributed by atoms with Crippen molar-refractivity contribution in [1.29, 1.82) is 0 Å². The number of morpholine rings is 1.